The fraction of sp³-hybridized carbons (Fsp3) is 0.630. The molecule has 9 atom stereocenters. The van der Waals surface area contributed by atoms with E-state index >= 15 is 0 Å². The Hall–Kier alpha value is -6.08. The summed E-state index contributed by atoms with van der Waals surface area (Å²) >= 11 is 0. The number of nitrogens with one attached hydrogen (secondary N) is 6. The Morgan fingerprint density at radius 3 is 1.37 bits per heavy atom. The van der Waals surface area contributed by atoms with Crippen LogP contribution in [0.4, 0.5) is 0 Å². The second-order valence-corrected chi connectivity index (χ2v) is 19.3. The van der Waals surface area contributed by atoms with E-state index in [-0.39, 0.29) is 25.0 Å². The molecule has 11 N–H and O–H groups in total. The second kappa shape index (κ2) is 35.1. The Kier molecular flexibility index (Phi) is 30.3. The van der Waals surface area contributed by atoms with Crippen LogP contribution in [0.15, 0.2) is 54.6 Å². The third-order valence-corrected chi connectivity index (χ3v) is 12.9. The number of aliphatic carboxylic acids is 2. The summed E-state index contributed by atoms with van der Waals surface area (Å²) in [5.74, 6) is -9.11. The zero-order valence-corrected chi connectivity index (χ0v) is 43.5. The van der Waals surface area contributed by atoms with E-state index in [0.29, 0.717) is 24.0 Å². The molecule has 6 amide bonds. The molecule has 0 aliphatic rings. The first-order valence-corrected chi connectivity index (χ1v) is 26.2. The highest BCUT2D eigenvalue weighted by atomic mass is 16.4. The number of carbonyl (C=O) groups excluding carboxylic acids is 6. The van der Waals surface area contributed by atoms with Crippen molar-refractivity contribution in [1.29, 1.82) is 0 Å². The lowest BCUT2D eigenvalue weighted by molar-refractivity contribution is -0.143. The van der Waals surface area contributed by atoms with Crippen molar-refractivity contribution < 1.29 is 63.9 Å². The van der Waals surface area contributed by atoms with Crippen molar-refractivity contribution in [3.8, 4) is 5.75 Å². The minimum absolute atomic E-state index is 0.0765. The van der Waals surface area contributed by atoms with Crippen molar-refractivity contribution in [2.24, 2.45) is 5.92 Å². The van der Waals surface area contributed by atoms with Crippen LogP contribution in [-0.2, 0) is 51.2 Å². The Morgan fingerprint density at radius 1 is 0.466 bits per heavy atom. The van der Waals surface area contributed by atoms with Crippen molar-refractivity contribution >= 4 is 47.4 Å². The highest BCUT2D eigenvalue weighted by Crippen LogP contribution is 2.16. The van der Waals surface area contributed by atoms with Gasteiger partial charge in [0.1, 0.15) is 42.0 Å². The molecule has 2 rings (SSSR count). The Morgan fingerprint density at radius 2 is 0.877 bits per heavy atom. The largest absolute Gasteiger partial charge is 0.508 e. The van der Waals surface area contributed by atoms with Gasteiger partial charge in [0, 0.05) is 19.3 Å². The van der Waals surface area contributed by atoms with Crippen LogP contribution in [0.2, 0.25) is 0 Å². The van der Waals surface area contributed by atoms with Crippen molar-refractivity contribution in [3.05, 3.63) is 65.7 Å². The first-order valence-electron chi connectivity index (χ1n) is 26.2. The zero-order chi connectivity index (χ0) is 54.3. The third-order valence-electron chi connectivity index (χ3n) is 12.9. The maximum absolute atomic E-state index is 14.0. The molecule has 0 unspecified atom stereocenters. The normalized spacial score (nSPS) is 14.9. The van der Waals surface area contributed by atoms with E-state index < -0.39 is 108 Å². The van der Waals surface area contributed by atoms with E-state index in [4.69, 9.17) is 0 Å². The van der Waals surface area contributed by atoms with Gasteiger partial charge in [-0.25, -0.2) is 4.79 Å². The van der Waals surface area contributed by atoms with Gasteiger partial charge in [0.05, 0.1) is 18.6 Å². The van der Waals surface area contributed by atoms with Crippen LogP contribution in [0.25, 0.3) is 0 Å². The molecule has 0 saturated carbocycles. The minimum Gasteiger partial charge on any atom is -0.508 e. The van der Waals surface area contributed by atoms with E-state index in [1.54, 1.807) is 44.2 Å². The minimum atomic E-state index is -1.84. The first-order chi connectivity index (χ1) is 34.8. The highest BCUT2D eigenvalue weighted by molar-refractivity contribution is 5.98. The van der Waals surface area contributed by atoms with Gasteiger partial charge >= 0.3 is 11.9 Å². The molecule has 0 saturated heterocycles. The van der Waals surface area contributed by atoms with Crippen molar-refractivity contribution in [2.45, 2.75) is 211 Å². The standard InChI is InChI=1S/C54H84N6O13/c1-6-8-9-10-11-12-13-14-15-16-17-18-19-20-24-27-44(64)58-47(36(4)61)53(71)59-46(35(3)7-2)51(69)60-48(37(5)62)52(70)56-41(32-38-25-22-21-23-26-38)49(67)55-42(34-45(65)66)50(68)57-43(54(72)73)33-39-28-30-40(63)31-29-39/h21-23,25-26,28-31,35-37,41-43,46-48,61-63H,6-20,24,27,32-34H2,1-5H3,(H,55,67)(H,56,70)(H,57,68)(H,58,64)(H,59,71)(H,60,69)(H,65,66)(H,72,73)/t35-,36+,37+,41-,42-,43-,46-,47-,48-/m0/s1. The predicted octanol–water partition coefficient (Wildman–Crippen LogP) is 4.71. The number of amides is 6. The number of carboxylic acid groups (broad SMARTS) is 2. The fourth-order valence-electron chi connectivity index (χ4n) is 8.22. The molecule has 0 radical (unpaired) electrons. The third kappa shape index (κ3) is 25.4. The van der Waals surface area contributed by atoms with Crippen LogP contribution >= 0.6 is 0 Å². The number of hydrogen-bond acceptors (Lipinski definition) is 11. The molecule has 73 heavy (non-hydrogen) atoms. The topological polar surface area (TPSA) is 310 Å². The average Bonchev–Trinajstić information content (AvgIpc) is 3.34. The first kappa shape index (κ1) is 63.0. The van der Waals surface area contributed by atoms with E-state index in [2.05, 4.69) is 38.8 Å². The Balaban J connectivity index is 2.11. The van der Waals surface area contributed by atoms with Gasteiger partial charge in [0.15, 0.2) is 0 Å². The average molecular weight is 1030 g/mol. The number of hydrogen-bond donors (Lipinski definition) is 11. The summed E-state index contributed by atoms with van der Waals surface area (Å²) in [5, 5.41) is 65.3. The van der Waals surface area contributed by atoms with Crippen LogP contribution in [0, 0.1) is 5.92 Å². The number of carbonyl (C=O) groups is 8. The lowest BCUT2D eigenvalue weighted by atomic mass is 9.96. The van der Waals surface area contributed by atoms with Gasteiger partial charge in [-0.1, -0.05) is 160 Å². The molecular weight excluding hydrogens is 941 g/mol. The molecule has 0 aromatic heterocycles. The maximum Gasteiger partial charge on any atom is 0.326 e. The summed E-state index contributed by atoms with van der Waals surface area (Å²) in [5.41, 5.74) is 0.926. The highest BCUT2D eigenvalue weighted by Gasteiger charge is 2.37. The SMILES string of the molecule is CCCCCCCCCCCCCCCCCC(=O)N[C@H](C(=O)N[C@H](C(=O)N[C@H](C(=O)N[C@@H](Cc1ccccc1)C(=O)N[C@@H](CC(=O)O)C(=O)N[C@@H](Cc1ccc(O)cc1)C(=O)O)[C@@H](C)O)[C@@H](C)CC)[C@@H](C)O. The van der Waals surface area contributed by atoms with Crippen LogP contribution in [0.5, 0.6) is 5.75 Å². The number of aliphatic hydroxyl groups is 2. The van der Waals surface area contributed by atoms with E-state index in [9.17, 15) is 63.9 Å². The number of unbranched alkanes of at least 4 members (excludes halogenated alkanes) is 14. The number of aromatic hydroxyl groups is 1. The molecule has 2 aromatic carbocycles. The number of carboxylic acids is 2. The maximum atomic E-state index is 14.0. The summed E-state index contributed by atoms with van der Waals surface area (Å²) in [6.45, 7) is 8.17. The van der Waals surface area contributed by atoms with Gasteiger partial charge in [-0.05, 0) is 49.4 Å². The molecule has 0 aliphatic carbocycles. The summed E-state index contributed by atoms with van der Waals surface area (Å²) in [6, 6.07) is 4.33. The molecule has 0 aliphatic heterocycles. The van der Waals surface area contributed by atoms with Crippen molar-refractivity contribution in [2.75, 3.05) is 0 Å². The van der Waals surface area contributed by atoms with Crippen molar-refractivity contribution in [3.63, 3.8) is 0 Å². The molecule has 408 valence electrons. The molecule has 0 bridgehead atoms. The van der Waals surface area contributed by atoms with E-state index in [1.165, 1.54) is 102 Å². The Labute approximate surface area is 430 Å². The molecule has 19 nitrogen and oxygen atoms in total. The van der Waals surface area contributed by atoms with Gasteiger partial charge in [0.25, 0.3) is 0 Å². The number of phenols is 1. The quantitative estimate of drug-likeness (QED) is 0.0407. The van der Waals surface area contributed by atoms with Gasteiger partial charge < -0.3 is 57.4 Å². The van der Waals surface area contributed by atoms with Gasteiger partial charge in [-0.3, -0.25) is 33.6 Å². The molecule has 0 fully saturated rings. The molecule has 2 aromatic rings. The van der Waals surface area contributed by atoms with Crippen LogP contribution in [0.3, 0.4) is 0 Å². The summed E-state index contributed by atoms with van der Waals surface area (Å²) < 4.78 is 0. The predicted molar refractivity (Wildman–Crippen MR) is 276 cm³/mol. The lowest BCUT2D eigenvalue weighted by Crippen LogP contribution is -2.63. The number of aliphatic hydroxyl groups excluding tert-OH is 2. The molecule has 19 heteroatoms. The summed E-state index contributed by atoms with van der Waals surface area (Å²) in [6.07, 6.45) is 13.6. The van der Waals surface area contributed by atoms with Crippen LogP contribution in [-0.4, -0.2) is 121 Å². The summed E-state index contributed by atoms with van der Waals surface area (Å²) in [4.78, 5) is 106. The van der Waals surface area contributed by atoms with E-state index in [0.717, 1.165) is 25.7 Å². The summed E-state index contributed by atoms with van der Waals surface area (Å²) in [7, 11) is 0. The fourth-order valence-corrected chi connectivity index (χ4v) is 8.22. The molecule has 0 spiro atoms. The van der Waals surface area contributed by atoms with E-state index in [1.807, 2.05) is 0 Å². The molecule has 0 heterocycles. The van der Waals surface area contributed by atoms with Crippen LogP contribution in [0.1, 0.15) is 161 Å². The van der Waals surface area contributed by atoms with Crippen molar-refractivity contribution in [1.82, 2.24) is 31.9 Å². The zero-order valence-electron chi connectivity index (χ0n) is 43.5. The number of benzene rings is 2. The second-order valence-electron chi connectivity index (χ2n) is 19.3. The van der Waals surface area contributed by atoms with Gasteiger partial charge in [-0.2, -0.15) is 0 Å². The van der Waals surface area contributed by atoms with Crippen LogP contribution < -0.4 is 31.9 Å². The van der Waals surface area contributed by atoms with Gasteiger partial charge in [-0.15, -0.1) is 0 Å². The lowest BCUT2D eigenvalue weighted by Gasteiger charge is -2.30. The Bertz CT molecular complexity index is 2000. The van der Waals surface area contributed by atoms with Gasteiger partial charge in [0.2, 0.25) is 35.4 Å². The monoisotopic (exact) mass is 1020 g/mol. The number of rotatable bonds is 38. The smallest absolute Gasteiger partial charge is 0.326 e. The number of phenolic OH excluding ortho intramolecular Hbond substituents is 1. The molecular formula is C54H84N6O13.